The van der Waals surface area contributed by atoms with Crippen LogP contribution in [-0.2, 0) is 0 Å². The van der Waals surface area contributed by atoms with Gasteiger partial charge < -0.3 is 10.1 Å². The topological polar surface area (TPSA) is 83.0 Å². The maximum absolute atomic E-state index is 11.6. The minimum atomic E-state index is -1.10. The van der Waals surface area contributed by atoms with Crippen LogP contribution in [0.5, 0.6) is 0 Å². The summed E-state index contributed by atoms with van der Waals surface area (Å²) in [5.74, 6) is -0.981. The molecule has 0 bridgehead atoms. The van der Waals surface area contributed by atoms with E-state index in [4.69, 9.17) is 5.11 Å². The third kappa shape index (κ3) is 2.13. The molecule has 5 nitrogen and oxygen atoms in total. The molecule has 16 heavy (non-hydrogen) atoms. The van der Waals surface area contributed by atoms with Crippen molar-refractivity contribution in [1.82, 2.24) is 9.97 Å². The number of aromatic amines is 1. The first-order valence-corrected chi connectivity index (χ1v) is 5.51. The number of carboxylic acid groups (broad SMARTS) is 1. The minimum absolute atomic E-state index is 0.0832. The summed E-state index contributed by atoms with van der Waals surface area (Å²) in [7, 11) is 0. The van der Waals surface area contributed by atoms with Gasteiger partial charge in [0.2, 0.25) is 0 Å². The van der Waals surface area contributed by atoms with Gasteiger partial charge >= 0.3 is 5.97 Å². The molecule has 1 fully saturated rings. The molecule has 0 radical (unpaired) electrons. The summed E-state index contributed by atoms with van der Waals surface area (Å²) in [6.07, 6.45) is 6.37. The van der Waals surface area contributed by atoms with Crippen LogP contribution in [0.4, 0.5) is 0 Å². The SMILES string of the molecule is O=C(O)c1c[nH]c(=O)c(C2CCCCC2)n1. The summed E-state index contributed by atoms with van der Waals surface area (Å²) in [6, 6.07) is 0. The van der Waals surface area contributed by atoms with Gasteiger partial charge in [-0.25, -0.2) is 9.78 Å². The van der Waals surface area contributed by atoms with Crippen molar-refractivity contribution in [2.24, 2.45) is 0 Å². The van der Waals surface area contributed by atoms with E-state index >= 15 is 0 Å². The Morgan fingerprint density at radius 3 is 2.69 bits per heavy atom. The highest BCUT2D eigenvalue weighted by Gasteiger charge is 2.21. The first-order chi connectivity index (χ1) is 7.68. The van der Waals surface area contributed by atoms with Gasteiger partial charge in [0.15, 0.2) is 5.69 Å². The first-order valence-electron chi connectivity index (χ1n) is 5.51. The molecule has 1 aliphatic rings. The second kappa shape index (κ2) is 4.47. The zero-order valence-corrected chi connectivity index (χ0v) is 8.90. The fourth-order valence-electron chi connectivity index (χ4n) is 2.18. The zero-order valence-electron chi connectivity index (χ0n) is 8.90. The van der Waals surface area contributed by atoms with E-state index in [0.717, 1.165) is 31.9 Å². The largest absolute Gasteiger partial charge is 0.476 e. The van der Waals surface area contributed by atoms with Gasteiger partial charge in [0.05, 0.1) is 0 Å². The van der Waals surface area contributed by atoms with Crippen molar-refractivity contribution in [2.75, 3.05) is 0 Å². The van der Waals surface area contributed by atoms with Crippen molar-refractivity contribution in [3.63, 3.8) is 0 Å². The van der Waals surface area contributed by atoms with Gasteiger partial charge in [-0.2, -0.15) is 0 Å². The Bertz CT molecular complexity index is 447. The van der Waals surface area contributed by atoms with E-state index in [1.807, 2.05) is 0 Å². The molecule has 0 atom stereocenters. The number of H-pyrrole nitrogens is 1. The number of carboxylic acids is 1. The average molecular weight is 222 g/mol. The normalized spacial score (nSPS) is 17.2. The molecule has 1 aromatic heterocycles. The Kier molecular flexibility index (Phi) is 3.03. The summed E-state index contributed by atoms with van der Waals surface area (Å²) < 4.78 is 0. The van der Waals surface area contributed by atoms with Crippen LogP contribution >= 0.6 is 0 Å². The van der Waals surface area contributed by atoms with Crippen molar-refractivity contribution >= 4 is 5.97 Å². The summed E-state index contributed by atoms with van der Waals surface area (Å²) in [4.78, 5) is 28.7. The second-order valence-corrected chi connectivity index (χ2v) is 4.14. The summed E-state index contributed by atoms with van der Waals surface area (Å²) in [6.45, 7) is 0. The van der Waals surface area contributed by atoms with Crippen LogP contribution in [0.15, 0.2) is 11.0 Å². The molecule has 0 saturated heterocycles. The van der Waals surface area contributed by atoms with E-state index in [1.54, 1.807) is 0 Å². The van der Waals surface area contributed by atoms with Crippen LogP contribution < -0.4 is 5.56 Å². The van der Waals surface area contributed by atoms with Gasteiger partial charge in [-0.15, -0.1) is 0 Å². The molecule has 1 heterocycles. The summed E-state index contributed by atoms with van der Waals surface area (Å²) in [5, 5.41) is 8.81. The highest BCUT2D eigenvalue weighted by Crippen LogP contribution is 2.29. The molecule has 2 N–H and O–H groups in total. The molecular weight excluding hydrogens is 208 g/mol. The van der Waals surface area contributed by atoms with E-state index < -0.39 is 5.97 Å². The molecule has 0 spiro atoms. The Labute approximate surface area is 92.5 Å². The smallest absolute Gasteiger partial charge is 0.356 e. The van der Waals surface area contributed by atoms with Crippen LogP contribution in [0.25, 0.3) is 0 Å². The summed E-state index contributed by atoms with van der Waals surface area (Å²) >= 11 is 0. The number of aromatic carboxylic acids is 1. The lowest BCUT2D eigenvalue weighted by Gasteiger charge is -2.20. The third-order valence-corrected chi connectivity index (χ3v) is 3.02. The van der Waals surface area contributed by atoms with Crippen LogP contribution in [0.2, 0.25) is 0 Å². The quantitative estimate of drug-likeness (QED) is 0.794. The Morgan fingerprint density at radius 1 is 1.38 bits per heavy atom. The van der Waals surface area contributed by atoms with Crippen LogP contribution in [0.1, 0.15) is 54.2 Å². The molecule has 5 heteroatoms. The van der Waals surface area contributed by atoms with Gasteiger partial charge in [-0.05, 0) is 12.8 Å². The van der Waals surface area contributed by atoms with Crippen molar-refractivity contribution in [2.45, 2.75) is 38.0 Å². The lowest BCUT2D eigenvalue weighted by Crippen LogP contribution is -2.22. The fraction of sp³-hybridized carbons (Fsp3) is 0.545. The van der Waals surface area contributed by atoms with E-state index in [0.29, 0.717) is 5.69 Å². The van der Waals surface area contributed by atoms with Crippen molar-refractivity contribution in [3.05, 3.63) is 27.9 Å². The molecular formula is C11H14N2O3. The Morgan fingerprint density at radius 2 is 2.06 bits per heavy atom. The number of nitrogens with one attached hydrogen (secondary N) is 1. The highest BCUT2D eigenvalue weighted by atomic mass is 16.4. The van der Waals surface area contributed by atoms with Crippen molar-refractivity contribution in [3.8, 4) is 0 Å². The van der Waals surface area contributed by atoms with Crippen molar-refractivity contribution in [1.29, 1.82) is 0 Å². The van der Waals surface area contributed by atoms with E-state index in [-0.39, 0.29) is 17.2 Å². The molecule has 1 saturated carbocycles. The maximum atomic E-state index is 11.6. The number of hydrogen-bond donors (Lipinski definition) is 2. The molecule has 0 aliphatic heterocycles. The molecule has 1 aromatic rings. The predicted molar refractivity (Wildman–Crippen MR) is 57.6 cm³/mol. The van der Waals surface area contributed by atoms with Gasteiger partial charge in [0.25, 0.3) is 5.56 Å². The molecule has 0 amide bonds. The second-order valence-electron chi connectivity index (χ2n) is 4.14. The number of aromatic nitrogens is 2. The first kappa shape index (κ1) is 10.9. The average Bonchev–Trinajstić information content (AvgIpc) is 2.30. The van der Waals surface area contributed by atoms with E-state index in [9.17, 15) is 9.59 Å². The van der Waals surface area contributed by atoms with Crippen LogP contribution in [0, 0.1) is 0 Å². The van der Waals surface area contributed by atoms with Gasteiger partial charge in [0, 0.05) is 12.1 Å². The Hall–Kier alpha value is -1.65. The fourth-order valence-corrected chi connectivity index (χ4v) is 2.18. The number of nitrogens with zero attached hydrogens (tertiary/aromatic N) is 1. The maximum Gasteiger partial charge on any atom is 0.356 e. The van der Waals surface area contributed by atoms with E-state index in [1.165, 1.54) is 6.42 Å². The minimum Gasteiger partial charge on any atom is -0.476 e. The van der Waals surface area contributed by atoms with Gasteiger partial charge in [0.1, 0.15) is 5.69 Å². The van der Waals surface area contributed by atoms with Crippen molar-refractivity contribution < 1.29 is 9.90 Å². The third-order valence-electron chi connectivity index (χ3n) is 3.02. The Balaban J connectivity index is 2.34. The molecule has 2 rings (SSSR count). The number of hydrogen-bond acceptors (Lipinski definition) is 3. The molecule has 1 aliphatic carbocycles. The lowest BCUT2D eigenvalue weighted by atomic mass is 9.87. The molecule has 0 unspecified atom stereocenters. The number of carbonyl (C=O) groups is 1. The van der Waals surface area contributed by atoms with Crippen LogP contribution in [-0.4, -0.2) is 21.0 Å². The van der Waals surface area contributed by atoms with Gasteiger partial charge in [-0.1, -0.05) is 19.3 Å². The van der Waals surface area contributed by atoms with Gasteiger partial charge in [-0.3, -0.25) is 4.79 Å². The number of rotatable bonds is 2. The predicted octanol–water partition coefficient (Wildman–Crippen LogP) is 1.52. The van der Waals surface area contributed by atoms with E-state index in [2.05, 4.69) is 9.97 Å². The van der Waals surface area contributed by atoms with Crippen LogP contribution in [0.3, 0.4) is 0 Å². The monoisotopic (exact) mass is 222 g/mol. The summed E-state index contributed by atoms with van der Waals surface area (Å²) in [5.41, 5.74) is 0.0525. The molecule has 86 valence electrons. The standard InChI is InChI=1S/C11H14N2O3/c14-10-9(7-4-2-1-3-5-7)13-8(6-12-10)11(15)16/h6-7H,1-5H2,(H,12,14)(H,15,16). The zero-order chi connectivity index (χ0) is 11.5. The lowest BCUT2D eigenvalue weighted by molar-refractivity contribution is 0.0689. The molecule has 0 aromatic carbocycles. The highest BCUT2D eigenvalue weighted by molar-refractivity contribution is 5.84.